The van der Waals surface area contributed by atoms with Gasteiger partial charge in [-0.25, -0.2) is 0 Å². The third-order valence-electron chi connectivity index (χ3n) is 2.37. The van der Waals surface area contributed by atoms with Crippen LogP contribution >= 0.6 is 0 Å². The van der Waals surface area contributed by atoms with E-state index in [0.717, 1.165) is 6.54 Å². The Hall–Kier alpha value is -1.34. The highest BCUT2D eigenvalue weighted by atomic mass is 14.9. The molecule has 1 rings (SSSR count). The SMILES string of the molecule is CC(=CC=Cc1ccccc1)CNC(C)(C)C. The van der Waals surface area contributed by atoms with Gasteiger partial charge in [0.2, 0.25) is 0 Å². The summed E-state index contributed by atoms with van der Waals surface area (Å²) >= 11 is 0. The van der Waals surface area contributed by atoms with E-state index in [2.05, 4.69) is 75.5 Å². The molecule has 0 radical (unpaired) electrons. The molecule has 0 saturated carbocycles. The molecule has 0 amide bonds. The van der Waals surface area contributed by atoms with E-state index in [4.69, 9.17) is 0 Å². The molecule has 1 nitrogen and oxygen atoms in total. The van der Waals surface area contributed by atoms with Crippen LogP contribution in [0.15, 0.2) is 48.1 Å². The van der Waals surface area contributed by atoms with Gasteiger partial charge < -0.3 is 5.32 Å². The predicted octanol–water partition coefficient (Wildman–Crippen LogP) is 4.03. The minimum Gasteiger partial charge on any atom is -0.308 e. The topological polar surface area (TPSA) is 12.0 Å². The van der Waals surface area contributed by atoms with Crippen LogP contribution in [0.25, 0.3) is 6.08 Å². The second-order valence-corrected chi connectivity index (χ2v) is 5.39. The molecule has 0 aliphatic heterocycles. The average Bonchev–Trinajstić information content (AvgIpc) is 2.27. The lowest BCUT2D eigenvalue weighted by Crippen LogP contribution is -2.36. The van der Waals surface area contributed by atoms with Crippen LogP contribution in [0.1, 0.15) is 33.3 Å². The van der Waals surface area contributed by atoms with E-state index in [-0.39, 0.29) is 5.54 Å². The highest BCUT2D eigenvalue weighted by molar-refractivity contribution is 5.50. The Morgan fingerprint density at radius 3 is 2.41 bits per heavy atom. The molecule has 0 bridgehead atoms. The van der Waals surface area contributed by atoms with Crippen molar-refractivity contribution in [3.05, 3.63) is 53.6 Å². The van der Waals surface area contributed by atoms with Crippen LogP contribution in [0, 0.1) is 0 Å². The molecule has 0 fully saturated rings. The zero-order chi connectivity index (χ0) is 12.7. The Morgan fingerprint density at radius 1 is 1.18 bits per heavy atom. The van der Waals surface area contributed by atoms with Gasteiger partial charge in [-0.05, 0) is 33.3 Å². The van der Waals surface area contributed by atoms with Gasteiger partial charge in [0.05, 0.1) is 0 Å². The average molecular weight is 229 g/mol. The Bertz CT molecular complexity index is 380. The number of hydrogen-bond acceptors (Lipinski definition) is 1. The summed E-state index contributed by atoms with van der Waals surface area (Å²) in [6, 6.07) is 10.3. The molecule has 0 aliphatic carbocycles. The summed E-state index contributed by atoms with van der Waals surface area (Å²) in [6.07, 6.45) is 6.39. The maximum Gasteiger partial charge on any atom is 0.0169 e. The lowest BCUT2D eigenvalue weighted by atomic mass is 10.1. The quantitative estimate of drug-likeness (QED) is 0.768. The molecule has 17 heavy (non-hydrogen) atoms. The van der Waals surface area contributed by atoms with Gasteiger partial charge in [-0.15, -0.1) is 0 Å². The van der Waals surface area contributed by atoms with Crippen LogP contribution in [0.4, 0.5) is 0 Å². The molecule has 1 aromatic rings. The Balaban J connectivity index is 2.45. The minimum atomic E-state index is 0.179. The molecule has 0 spiro atoms. The zero-order valence-electron chi connectivity index (χ0n) is 11.3. The van der Waals surface area contributed by atoms with Gasteiger partial charge in [0.25, 0.3) is 0 Å². The van der Waals surface area contributed by atoms with Gasteiger partial charge in [-0.2, -0.15) is 0 Å². The van der Waals surface area contributed by atoms with Crippen molar-refractivity contribution in [3.8, 4) is 0 Å². The lowest BCUT2D eigenvalue weighted by molar-refractivity contribution is 0.444. The smallest absolute Gasteiger partial charge is 0.0169 e. The third-order valence-corrected chi connectivity index (χ3v) is 2.37. The van der Waals surface area contributed by atoms with E-state index < -0.39 is 0 Å². The van der Waals surface area contributed by atoms with E-state index in [1.807, 2.05) is 6.07 Å². The van der Waals surface area contributed by atoms with Crippen LogP contribution in [0.2, 0.25) is 0 Å². The Kier molecular flexibility index (Phi) is 5.17. The summed E-state index contributed by atoms with van der Waals surface area (Å²) in [5.74, 6) is 0. The monoisotopic (exact) mass is 229 g/mol. The van der Waals surface area contributed by atoms with Crippen molar-refractivity contribution in [1.82, 2.24) is 5.32 Å². The number of allylic oxidation sites excluding steroid dienone is 2. The van der Waals surface area contributed by atoms with Crippen molar-refractivity contribution in [2.75, 3.05) is 6.54 Å². The number of hydrogen-bond donors (Lipinski definition) is 1. The number of benzene rings is 1. The lowest BCUT2D eigenvalue weighted by Gasteiger charge is -2.20. The van der Waals surface area contributed by atoms with E-state index in [9.17, 15) is 0 Å². The normalized spacial score (nSPS) is 13.3. The van der Waals surface area contributed by atoms with E-state index in [1.54, 1.807) is 0 Å². The maximum atomic E-state index is 3.47. The molecule has 0 atom stereocenters. The summed E-state index contributed by atoms with van der Waals surface area (Å²) in [5, 5.41) is 3.47. The number of rotatable bonds is 4. The summed E-state index contributed by atoms with van der Waals surface area (Å²) in [4.78, 5) is 0. The molecule has 1 N–H and O–H groups in total. The van der Waals surface area contributed by atoms with Crippen LogP contribution in [0.3, 0.4) is 0 Å². The number of nitrogens with one attached hydrogen (secondary N) is 1. The molecule has 0 unspecified atom stereocenters. The highest BCUT2D eigenvalue weighted by Gasteiger charge is 2.07. The fourth-order valence-corrected chi connectivity index (χ4v) is 1.35. The van der Waals surface area contributed by atoms with Crippen molar-refractivity contribution < 1.29 is 0 Å². The van der Waals surface area contributed by atoms with Crippen molar-refractivity contribution >= 4 is 6.08 Å². The van der Waals surface area contributed by atoms with Gasteiger partial charge in [0.15, 0.2) is 0 Å². The third kappa shape index (κ3) is 6.75. The van der Waals surface area contributed by atoms with Crippen LogP contribution in [-0.2, 0) is 0 Å². The summed E-state index contributed by atoms with van der Waals surface area (Å²) in [6.45, 7) is 9.62. The first-order valence-corrected chi connectivity index (χ1v) is 6.11. The van der Waals surface area contributed by atoms with Gasteiger partial charge in [-0.1, -0.05) is 54.1 Å². The van der Waals surface area contributed by atoms with Gasteiger partial charge in [0.1, 0.15) is 0 Å². The molecule has 1 aromatic carbocycles. The second-order valence-electron chi connectivity index (χ2n) is 5.39. The maximum absolute atomic E-state index is 3.47. The minimum absolute atomic E-state index is 0.179. The zero-order valence-corrected chi connectivity index (χ0v) is 11.3. The molecule has 92 valence electrons. The molecule has 0 aliphatic rings. The van der Waals surface area contributed by atoms with Gasteiger partial charge in [0, 0.05) is 12.1 Å². The van der Waals surface area contributed by atoms with E-state index in [1.165, 1.54) is 11.1 Å². The second kappa shape index (κ2) is 6.41. The van der Waals surface area contributed by atoms with Crippen LogP contribution < -0.4 is 5.32 Å². The molecule has 0 heterocycles. The summed E-state index contributed by atoms with van der Waals surface area (Å²) in [5.41, 5.74) is 2.76. The molecule has 1 heteroatoms. The predicted molar refractivity (Wildman–Crippen MR) is 77.0 cm³/mol. The van der Waals surface area contributed by atoms with Gasteiger partial charge >= 0.3 is 0 Å². The fourth-order valence-electron chi connectivity index (χ4n) is 1.35. The van der Waals surface area contributed by atoms with Crippen molar-refractivity contribution in [1.29, 1.82) is 0 Å². The van der Waals surface area contributed by atoms with E-state index >= 15 is 0 Å². The van der Waals surface area contributed by atoms with Crippen molar-refractivity contribution in [2.24, 2.45) is 0 Å². The first-order chi connectivity index (χ1) is 7.97. The largest absolute Gasteiger partial charge is 0.308 e. The molecule has 0 saturated heterocycles. The molecular weight excluding hydrogens is 206 g/mol. The standard InChI is InChI=1S/C16H23N/c1-14(13-17-16(2,3)4)9-8-12-15-10-6-5-7-11-15/h5-12,17H,13H2,1-4H3. The van der Waals surface area contributed by atoms with Crippen LogP contribution in [0.5, 0.6) is 0 Å². The fraction of sp³-hybridized carbons (Fsp3) is 0.375. The molecule has 0 aromatic heterocycles. The van der Waals surface area contributed by atoms with Crippen molar-refractivity contribution in [3.63, 3.8) is 0 Å². The highest BCUT2D eigenvalue weighted by Crippen LogP contribution is 2.03. The summed E-state index contributed by atoms with van der Waals surface area (Å²) < 4.78 is 0. The summed E-state index contributed by atoms with van der Waals surface area (Å²) in [7, 11) is 0. The molecular formula is C16H23N. The van der Waals surface area contributed by atoms with Crippen molar-refractivity contribution in [2.45, 2.75) is 33.2 Å². The van der Waals surface area contributed by atoms with Gasteiger partial charge in [-0.3, -0.25) is 0 Å². The first kappa shape index (κ1) is 13.7. The Morgan fingerprint density at radius 2 is 1.82 bits per heavy atom. The first-order valence-electron chi connectivity index (χ1n) is 6.11. The Labute approximate surface area is 105 Å². The van der Waals surface area contributed by atoms with E-state index in [0.29, 0.717) is 0 Å². The van der Waals surface area contributed by atoms with Crippen LogP contribution in [-0.4, -0.2) is 12.1 Å².